The average Bonchev–Trinajstić information content (AvgIpc) is 2.61. The molecule has 0 saturated carbocycles. The van der Waals surface area contributed by atoms with E-state index in [4.69, 9.17) is 9.47 Å². The van der Waals surface area contributed by atoms with Gasteiger partial charge in [0.15, 0.2) is 0 Å². The first-order chi connectivity index (χ1) is 12.4. The molecule has 140 valence electrons. The fraction of sp³-hybridized carbons (Fsp3) is 0.400. The van der Waals surface area contributed by atoms with Crippen LogP contribution in [0, 0.1) is 6.92 Å². The van der Waals surface area contributed by atoms with Gasteiger partial charge in [-0.2, -0.15) is 13.2 Å². The van der Waals surface area contributed by atoms with E-state index in [1.165, 1.54) is 17.7 Å². The third-order valence-corrected chi connectivity index (χ3v) is 4.34. The van der Waals surface area contributed by atoms with E-state index in [1.54, 1.807) is 6.07 Å². The molecule has 1 fully saturated rings. The van der Waals surface area contributed by atoms with Gasteiger partial charge < -0.3 is 9.47 Å². The van der Waals surface area contributed by atoms with Crippen molar-refractivity contribution in [3.63, 3.8) is 0 Å². The predicted octanol–water partition coefficient (Wildman–Crippen LogP) is 4.29. The molecule has 0 bridgehead atoms. The lowest BCUT2D eigenvalue weighted by molar-refractivity contribution is -0.137. The highest BCUT2D eigenvalue weighted by Gasteiger charge is 2.30. The van der Waals surface area contributed by atoms with Crippen LogP contribution >= 0.6 is 0 Å². The molecule has 3 nitrogen and oxygen atoms in total. The van der Waals surface area contributed by atoms with E-state index in [2.05, 4.69) is 4.90 Å². The van der Waals surface area contributed by atoms with Crippen LogP contribution in [0.2, 0.25) is 0 Å². The highest BCUT2D eigenvalue weighted by Crippen LogP contribution is 2.29. The third kappa shape index (κ3) is 5.22. The number of hydrogen-bond donors (Lipinski definition) is 0. The Kier molecular flexibility index (Phi) is 5.84. The molecule has 0 N–H and O–H groups in total. The zero-order valence-corrected chi connectivity index (χ0v) is 14.6. The summed E-state index contributed by atoms with van der Waals surface area (Å²) in [5.41, 5.74) is 1.21. The summed E-state index contributed by atoms with van der Waals surface area (Å²) in [6.07, 6.45) is -4.42. The topological polar surface area (TPSA) is 21.7 Å². The number of benzene rings is 2. The maximum atomic E-state index is 12.8. The van der Waals surface area contributed by atoms with E-state index in [-0.39, 0.29) is 6.10 Å². The standard InChI is InChI=1S/C20H22F3NO2/c1-15-5-7-18(8-6-15)26-14-19-13-24(9-10-25-19)12-16-3-2-4-17(11-16)20(21,22)23/h2-8,11,19H,9-10,12-14H2,1H3. The maximum Gasteiger partial charge on any atom is 0.416 e. The smallest absolute Gasteiger partial charge is 0.416 e. The zero-order chi connectivity index (χ0) is 18.6. The molecule has 3 rings (SSSR count). The maximum absolute atomic E-state index is 12.8. The van der Waals surface area contributed by atoms with Gasteiger partial charge in [0.1, 0.15) is 18.5 Å². The lowest BCUT2D eigenvalue weighted by atomic mass is 10.1. The number of halogens is 3. The van der Waals surface area contributed by atoms with Crippen LogP contribution < -0.4 is 4.74 Å². The number of rotatable bonds is 5. The highest BCUT2D eigenvalue weighted by atomic mass is 19.4. The molecular formula is C20H22F3NO2. The molecule has 2 aromatic rings. The molecule has 1 heterocycles. The SMILES string of the molecule is Cc1ccc(OCC2CN(Cc3cccc(C(F)(F)F)c3)CCO2)cc1. The molecule has 26 heavy (non-hydrogen) atoms. The Morgan fingerprint density at radius 3 is 2.65 bits per heavy atom. The van der Waals surface area contributed by atoms with Gasteiger partial charge >= 0.3 is 6.18 Å². The van der Waals surface area contributed by atoms with Gasteiger partial charge in [-0.05, 0) is 30.7 Å². The second-order valence-corrected chi connectivity index (χ2v) is 6.55. The van der Waals surface area contributed by atoms with Crippen molar-refractivity contribution < 1.29 is 22.6 Å². The Labute approximate surface area is 151 Å². The first-order valence-electron chi connectivity index (χ1n) is 8.60. The van der Waals surface area contributed by atoms with Crippen molar-refractivity contribution in [3.8, 4) is 5.75 Å². The Hall–Kier alpha value is -2.05. The van der Waals surface area contributed by atoms with Crippen LogP contribution in [0.4, 0.5) is 13.2 Å². The summed E-state index contributed by atoms with van der Waals surface area (Å²) in [6, 6.07) is 13.3. The zero-order valence-electron chi connectivity index (χ0n) is 14.6. The number of alkyl halides is 3. The lowest BCUT2D eigenvalue weighted by Crippen LogP contribution is -2.44. The fourth-order valence-corrected chi connectivity index (χ4v) is 2.95. The first-order valence-corrected chi connectivity index (χ1v) is 8.60. The number of hydrogen-bond acceptors (Lipinski definition) is 3. The summed E-state index contributed by atoms with van der Waals surface area (Å²) < 4.78 is 50.0. The molecule has 0 amide bonds. The van der Waals surface area contributed by atoms with E-state index in [0.717, 1.165) is 11.8 Å². The minimum atomic E-state index is -4.31. The molecule has 6 heteroatoms. The average molecular weight is 365 g/mol. The van der Waals surface area contributed by atoms with Crippen molar-refractivity contribution in [2.75, 3.05) is 26.3 Å². The molecule has 1 unspecified atom stereocenters. The van der Waals surface area contributed by atoms with Gasteiger partial charge in [-0.1, -0.05) is 35.9 Å². The van der Waals surface area contributed by atoms with E-state index < -0.39 is 11.7 Å². The summed E-state index contributed by atoms with van der Waals surface area (Å²) >= 11 is 0. The van der Waals surface area contributed by atoms with Crippen molar-refractivity contribution in [1.82, 2.24) is 4.90 Å². The second kappa shape index (κ2) is 8.10. The number of nitrogens with zero attached hydrogens (tertiary/aromatic N) is 1. The first kappa shape index (κ1) is 18.7. The van der Waals surface area contributed by atoms with Crippen LogP contribution in [0.25, 0.3) is 0 Å². The molecule has 1 saturated heterocycles. The molecular weight excluding hydrogens is 343 g/mol. The van der Waals surface area contributed by atoms with Gasteiger partial charge in [-0.25, -0.2) is 0 Å². The van der Waals surface area contributed by atoms with Crippen molar-refractivity contribution in [3.05, 3.63) is 65.2 Å². The van der Waals surface area contributed by atoms with Crippen LogP contribution in [-0.2, 0) is 17.5 Å². The Morgan fingerprint density at radius 2 is 1.92 bits per heavy atom. The van der Waals surface area contributed by atoms with Crippen LogP contribution in [0.1, 0.15) is 16.7 Å². The molecule has 1 atom stereocenters. The quantitative estimate of drug-likeness (QED) is 0.789. The predicted molar refractivity (Wildman–Crippen MR) is 93.1 cm³/mol. The number of ether oxygens (including phenoxy) is 2. The van der Waals surface area contributed by atoms with Crippen molar-refractivity contribution in [2.45, 2.75) is 25.7 Å². The van der Waals surface area contributed by atoms with Gasteiger partial charge in [0.25, 0.3) is 0 Å². The normalized spacial score (nSPS) is 18.7. The molecule has 0 aromatic heterocycles. The molecule has 1 aliphatic rings. The van der Waals surface area contributed by atoms with Gasteiger partial charge in [0.05, 0.1) is 12.2 Å². The van der Waals surface area contributed by atoms with E-state index in [1.807, 2.05) is 31.2 Å². The molecule has 2 aromatic carbocycles. The van der Waals surface area contributed by atoms with Crippen molar-refractivity contribution in [1.29, 1.82) is 0 Å². The van der Waals surface area contributed by atoms with E-state index in [9.17, 15) is 13.2 Å². The van der Waals surface area contributed by atoms with Crippen LogP contribution in [0.15, 0.2) is 48.5 Å². The monoisotopic (exact) mass is 365 g/mol. The summed E-state index contributed by atoms with van der Waals surface area (Å²) in [5.74, 6) is 0.786. The Bertz CT molecular complexity index is 716. The molecule has 0 radical (unpaired) electrons. The van der Waals surface area contributed by atoms with Crippen molar-refractivity contribution in [2.24, 2.45) is 0 Å². The number of morpholine rings is 1. The Morgan fingerprint density at radius 1 is 1.15 bits per heavy atom. The summed E-state index contributed by atoms with van der Waals surface area (Å²) in [5, 5.41) is 0. The third-order valence-electron chi connectivity index (χ3n) is 4.34. The number of aryl methyl sites for hydroxylation is 1. The largest absolute Gasteiger partial charge is 0.491 e. The van der Waals surface area contributed by atoms with Gasteiger partial charge in [0.2, 0.25) is 0 Å². The fourth-order valence-electron chi connectivity index (χ4n) is 2.95. The van der Waals surface area contributed by atoms with Gasteiger partial charge in [0, 0.05) is 19.6 Å². The van der Waals surface area contributed by atoms with Gasteiger partial charge in [-0.15, -0.1) is 0 Å². The van der Waals surface area contributed by atoms with E-state index in [0.29, 0.717) is 38.4 Å². The molecule has 0 aliphatic carbocycles. The molecule has 1 aliphatic heterocycles. The summed E-state index contributed by atoms with van der Waals surface area (Å²) in [7, 11) is 0. The summed E-state index contributed by atoms with van der Waals surface area (Å²) in [6.45, 7) is 4.76. The highest BCUT2D eigenvalue weighted by molar-refractivity contribution is 5.27. The molecule has 0 spiro atoms. The summed E-state index contributed by atoms with van der Waals surface area (Å²) in [4.78, 5) is 2.10. The minimum absolute atomic E-state index is 0.101. The van der Waals surface area contributed by atoms with Crippen LogP contribution in [-0.4, -0.2) is 37.3 Å². The van der Waals surface area contributed by atoms with Gasteiger partial charge in [-0.3, -0.25) is 4.90 Å². The second-order valence-electron chi connectivity index (χ2n) is 6.55. The van der Waals surface area contributed by atoms with Crippen LogP contribution in [0.5, 0.6) is 5.75 Å². The Balaban J connectivity index is 1.54. The minimum Gasteiger partial charge on any atom is -0.491 e. The lowest BCUT2D eigenvalue weighted by Gasteiger charge is -2.33. The van der Waals surface area contributed by atoms with Crippen molar-refractivity contribution >= 4 is 0 Å². The van der Waals surface area contributed by atoms with E-state index >= 15 is 0 Å². The van der Waals surface area contributed by atoms with Crippen LogP contribution in [0.3, 0.4) is 0 Å².